The Morgan fingerprint density at radius 1 is 1.20 bits per heavy atom. The predicted molar refractivity (Wildman–Crippen MR) is 80.0 cm³/mol. The molecule has 2 rings (SSSR count). The Hall–Kier alpha value is -2.17. The molecule has 0 fully saturated rings. The molecule has 5 heteroatoms. The SMILES string of the molecule is CCNc1cc(N(C)c2ccccc2F)nc(CC)n1. The highest BCUT2D eigenvalue weighted by Crippen LogP contribution is 2.26. The van der Waals surface area contributed by atoms with Crippen molar-refractivity contribution in [3.8, 4) is 0 Å². The number of aromatic nitrogens is 2. The molecule has 0 saturated carbocycles. The van der Waals surface area contributed by atoms with Gasteiger partial charge in [-0.05, 0) is 19.1 Å². The van der Waals surface area contributed by atoms with Crippen LogP contribution in [0.1, 0.15) is 19.7 Å². The molecule has 0 radical (unpaired) electrons. The van der Waals surface area contributed by atoms with Gasteiger partial charge in [0, 0.05) is 26.1 Å². The van der Waals surface area contributed by atoms with Crippen molar-refractivity contribution < 1.29 is 4.39 Å². The van der Waals surface area contributed by atoms with E-state index < -0.39 is 0 Å². The van der Waals surface area contributed by atoms with Gasteiger partial charge in [0.2, 0.25) is 0 Å². The number of hydrogen-bond acceptors (Lipinski definition) is 4. The zero-order chi connectivity index (χ0) is 14.5. The van der Waals surface area contributed by atoms with Crippen molar-refractivity contribution in [1.82, 2.24) is 9.97 Å². The van der Waals surface area contributed by atoms with Crippen LogP contribution in [0.4, 0.5) is 21.7 Å². The van der Waals surface area contributed by atoms with E-state index in [4.69, 9.17) is 0 Å². The second-order valence-corrected chi connectivity index (χ2v) is 4.42. The molecule has 0 unspecified atom stereocenters. The number of rotatable bonds is 5. The lowest BCUT2D eigenvalue weighted by Gasteiger charge is -2.20. The minimum absolute atomic E-state index is 0.267. The van der Waals surface area contributed by atoms with Crippen molar-refractivity contribution in [2.45, 2.75) is 20.3 Å². The molecule has 0 bridgehead atoms. The molecule has 1 heterocycles. The number of aryl methyl sites for hydroxylation is 1. The van der Waals surface area contributed by atoms with Crippen LogP contribution >= 0.6 is 0 Å². The van der Waals surface area contributed by atoms with Crippen LogP contribution in [0, 0.1) is 5.82 Å². The molecule has 0 aliphatic heterocycles. The fourth-order valence-electron chi connectivity index (χ4n) is 1.93. The van der Waals surface area contributed by atoms with E-state index >= 15 is 0 Å². The second-order valence-electron chi connectivity index (χ2n) is 4.42. The summed E-state index contributed by atoms with van der Waals surface area (Å²) in [6.45, 7) is 4.79. The number of hydrogen-bond donors (Lipinski definition) is 1. The molecule has 4 nitrogen and oxygen atoms in total. The Morgan fingerprint density at radius 2 is 1.95 bits per heavy atom. The fourth-order valence-corrected chi connectivity index (χ4v) is 1.93. The van der Waals surface area contributed by atoms with E-state index in [0.29, 0.717) is 11.5 Å². The topological polar surface area (TPSA) is 41.0 Å². The van der Waals surface area contributed by atoms with Crippen molar-refractivity contribution in [2.24, 2.45) is 0 Å². The predicted octanol–water partition coefficient (Wildman–Crippen LogP) is 3.38. The van der Waals surface area contributed by atoms with Gasteiger partial charge >= 0.3 is 0 Å². The minimum atomic E-state index is -0.267. The van der Waals surface area contributed by atoms with Gasteiger partial charge in [-0.25, -0.2) is 14.4 Å². The van der Waals surface area contributed by atoms with Crippen LogP contribution in [0.3, 0.4) is 0 Å². The summed E-state index contributed by atoms with van der Waals surface area (Å²) in [4.78, 5) is 10.6. The Balaban J connectivity index is 2.40. The average molecular weight is 274 g/mol. The van der Waals surface area contributed by atoms with Crippen molar-refractivity contribution in [3.05, 3.63) is 42.0 Å². The molecular formula is C15H19FN4. The Morgan fingerprint density at radius 3 is 2.60 bits per heavy atom. The van der Waals surface area contributed by atoms with Crippen LogP contribution < -0.4 is 10.2 Å². The average Bonchev–Trinajstić information content (AvgIpc) is 2.47. The summed E-state index contributed by atoms with van der Waals surface area (Å²) in [7, 11) is 1.80. The summed E-state index contributed by atoms with van der Waals surface area (Å²) < 4.78 is 13.9. The standard InChI is InChI=1S/C15H19FN4/c1-4-13-18-14(17-5-2)10-15(19-13)20(3)12-9-7-6-8-11(12)16/h6-10H,4-5H2,1-3H3,(H,17,18,19). The van der Waals surface area contributed by atoms with Gasteiger partial charge in [-0.3, -0.25) is 0 Å². The van der Waals surface area contributed by atoms with Crippen LogP contribution in [0.15, 0.2) is 30.3 Å². The highest BCUT2D eigenvalue weighted by Gasteiger charge is 2.12. The van der Waals surface area contributed by atoms with Gasteiger partial charge in [-0.2, -0.15) is 0 Å². The van der Waals surface area contributed by atoms with Crippen molar-refractivity contribution in [2.75, 3.05) is 23.8 Å². The number of para-hydroxylation sites is 1. The van der Waals surface area contributed by atoms with Gasteiger partial charge < -0.3 is 10.2 Å². The highest BCUT2D eigenvalue weighted by molar-refractivity contribution is 5.62. The molecule has 1 aromatic heterocycles. The first-order valence-electron chi connectivity index (χ1n) is 6.75. The maximum atomic E-state index is 13.9. The summed E-state index contributed by atoms with van der Waals surface area (Å²) >= 11 is 0. The van der Waals surface area contributed by atoms with E-state index in [0.717, 1.165) is 24.6 Å². The summed E-state index contributed by atoms with van der Waals surface area (Å²) in [5.74, 6) is 1.91. The maximum absolute atomic E-state index is 13.9. The molecule has 106 valence electrons. The first-order chi connectivity index (χ1) is 9.65. The van der Waals surface area contributed by atoms with Crippen molar-refractivity contribution in [3.63, 3.8) is 0 Å². The zero-order valence-corrected chi connectivity index (χ0v) is 12.0. The number of nitrogens with one attached hydrogen (secondary N) is 1. The van der Waals surface area contributed by atoms with E-state index in [2.05, 4.69) is 15.3 Å². The van der Waals surface area contributed by atoms with E-state index in [9.17, 15) is 4.39 Å². The zero-order valence-electron chi connectivity index (χ0n) is 12.0. The first-order valence-corrected chi connectivity index (χ1v) is 6.75. The molecule has 0 spiro atoms. The van der Waals surface area contributed by atoms with Gasteiger partial charge in [0.05, 0.1) is 5.69 Å². The molecular weight excluding hydrogens is 255 g/mol. The molecule has 0 aliphatic carbocycles. The third-order valence-corrected chi connectivity index (χ3v) is 2.99. The molecule has 0 saturated heterocycles. The second kappa shape index (κ2) is 6.32. The molecule has 0 aliphatic rings. The van der Waals surface area contributed by atoms with E-state index in [1.165, 1.54) is 6.07 Å². The quantitative estimate of drug-likeness (QED) is 0.907. The van der Waals surface area contributed by atoms with Crippen LogP contribution in [-0.2, 0) is 6.42 Å². The van der Waals surface area contributed by atoms with Gasteiger partial charge in [0.25, 0.3) is 0 Å². The summed E-state index contributed by atoms with van der Waals surface area (Å²) in [6.07, 6.45) is 0.733. The van der Waals surface area contributed by atoms with Gasteiger partial charge in [-0.1, -0.05) is 19.1 Å². The van der Waals surface area contributed by atoms with Crippen molar-refractivity contribution >= 4 is 17.3 Å². The number of halogens is 1. The lowest BCUT2D eigenvalue weighted by atomic mass is 10.3. The molecule has 0 atom stereocenters. The third kappa shape index (κ3) is 3.04. The summed E-state index contributed by atoms with van der Waals surface area (Å²) in [5, 5.41) is 3.17. The lowest BCUT2D eigenvalue weighted by Crippen LogP contribution is -2.15. The van der Waals surface area contributed by atoms with Crippen molar-refractivity contribution in [1.29, 1.82) is 0 Å². The fraction of sp³-hybridized carbons (Fsp3) is 0.333. The third-order valence-electron chi connectivity index (χ3n) is 2.99. The normalized spacial score (nSPS) is 10.4. The summed E-state index contributed by atoms with van der Waals surface area (Å²) in [6, 6.07) is 8.49. The molecule has 1 N–H and O–H groups in total. The van der Waals surface area contributed by atoms with Gasteiger partial charge in [0.15, 0.2) is 0 Å². The summed E-state index contributed by atoms with van der Waals surface area (Å²) in [5.41, 5.74) is 0.496. The molecule has 2 aromatic rings. The van der Waals surface area contributed by atoms with Crippen LogP contribution in [0.2, 0.25) is 0 Å². The number of anilines is 3. The van der Waals surface area contributed by atoms with Crippen LogP contribution in [0.5, 0.6) is 0 Å². The molecule has 20 heavy (non-hydrogen) atoms. The Bertz CT molecular complexity index is 586. The van der Waals surface area contributed by atoms with E-state index in [1.807, 2.05) is 26.0 Å². The van der Waals surface area contributed by atoms with Gasteiger partial charge in [0.1, 0.15) is 23.3 Å². The highest BCUT2D eigenvalue weighted by atomic mass is 19.1. The van der Waals surface area contributed by atoms with Crippen LogP contribution in [0.25, 0.3) is 0 Å². The monoisotopic (exact) mass is 274 g/mol. The lowest BCUT2D eigenvalue weighted by molar-refractivity contribution is 0.627. The van der Waals surface area contributed by atoms with Crippen LogP contribution in [-0.4, -0.2) is 23.6 Å². The number of nitrogens with zero attached hydrogens (tertiary/aromatic N) is 3. The number of benzene rings is 1. The largest absolute Gasteiger partial charge is 0.370 e. The minimum Gasteiger partial charge on any atom is -0.370 e. The Kier molecular flexibility index (Phi) is 4.50. The Labute approximate surface area is 118 Å². The smallest absolute Gasteiger partial charge is 0.146 e. The van der Waals surface area contributed by atoms with E-state index in [1.54, 1.807) is 24.1 Å². The molecule has 1 aromatic carbocycles. The maximum Gasteiger partial charge on any atom is 0.146 e. The first kappa shape index (κ1) is 14.2. The van der Waals surface area contributed by atoms with Gasteiger partial charge in [-0.15, -0.1) is 0 Å². The molecule has 0 amide bonds. The van der Waals surface area contributed by atoms with E-state index in [-0.39, 0.29) is 5.82 Å².